The van der Waals surface area contributed by atoms with Crippen LogP contribution in [0.3, 0.4) is 0 Å². The van der Waals surface area contributed by atoms with Crippen LogP contribution in [0.25, 0.3) is 60.8 Å². The van der Waals surface area contributed by atoms with Crippen LogP contribution in [0.1, 0.15) is 40.4 Å². The van der Waals surface area contributed by atoms with E-state index in [2.05, 4.69) is 174 Å². The third-order valence-corrected chi connectivity index (χ3v) is 10.3. The normalized spacial score (nSPS) is 15.7. The molecule has 0 bridgehead atoms. The predicted molar refractivity (Wildman–Crippen MR) is 206 cm³/mol. The van der Waals surface area contributed by atoms with E-state index >= 15 is 0 Å². The maximum absolute atomic E-state index is 5.26. The van der Waals surface area contributed by atoms with Crippen LogP contribution in [-0.4, -0.2) is 10.3 Å². The first-order valence-corrected chi connectivity index (χ1v) is 17.1. The lowest BCUT2D eigenvalue weighted by molar-refractivity contribution is 0.664. The summed E-state index contributed by atoms with van der Waals surface area (Å²) in [6, 6.07) is 52.9. The summed E-state index contributed by atoms with van der Waals surface area (Å²) in [5, 5.41) is 11.4. The number of fused-ring (bicyclic) bond motifs is 8. The summed E-state index contributed by atoms with van der Waals surface area (Å²) in [5.74, 6) is 0. The Morgan fingerprint density at radius 2 is 1.27 bits per heavy atom. The van der Waals surface area contributed by atoms with Gasteiger partial charge in [-0.2, -0.15) is 0 Å². The summed E-state index contributed by atoms with van der Waals surface area (Å²) in [5.41, 5.74) is 11.8. The predicted octanol–water partition coefficient (Wildman–Crippen LogP) is 11.2. The van der Waals surface area contributed by atoms with E-state index in [1.807, 2.05) is 0 Å². The molecule has 0 radical (unpaired) electrons. The van der Waals surface area contributed by atoms with Gasteiger partial charge in [-0.1, -0.05) is 127 Å². The van der Waals surface area contributed by atoms with Crippen LogP contribution in [0, 0.1) is 0 Å². The molecule has 10 rings (SSSR count). The minimum atomic E-state index is -0.175. The molecule has 7 aromatic carbocycles. The van der Waals surface area contributed by atoms with Crippen molar-refractivity contribution in [1.29, 1.82) is 0 Å². The summed E-state index contributed by atoms with van der Waals surface area (Å²) in [6.45, 7) is 0. The van der Waals surface area contributed by atoms with Crippen molar-refractivity contribution < 1.29 is 0 Å². The van der Waals surface area contributed by atoms with Gasteiger partial charge in [0.2, 0.25) is 0 Å². The number of hydrogen-bond donors (Lipinski definition) is 1. The van der Waals surface area contributed by atoms with Crippen LogP contribution >= 0.6 is 0 Å². The van der Waals surface area contributed by atoms with E-state index in [0.29, 0.717) is 0 Å². The van der Waals surface area contributed by atoms with Gasteiger partial charge in [0, 0.05) is 22.2 Å². The first-order valence-electron chi connectivity index (χ1n) is 17.1. The molecule has 8 aromatic rings. The van der Waals surface area contributed by atoms with Gasteiger partial charge in [0.25, 0.3) is 0 Å². The standard InChI is InChI=1S/C46H33N3/c1-2-13-34(14-3-1)46-47-40(29-41(48-46)36-19-18-30-10-4-5-15-35(30)28-36)33-20-24-37(25-21-33)49-42-26-22-31-11-6-8-16-38(31)44(42)45-39-17-9-7-12-32(39)23-27-43(45)49/h1-4,6-14,16-29,46,48H,5,15H2. The molecule has 0 saturated carbocycles. The van der Waals surface area contributed by atoms with Gasteiger partial charge in [0.15, 0.2) is 0 Å². The Balaban J connectivity index is 1.12. The molecule has 1 N–H and O–H groups in total. The number of nitrogens with one attached hydrogen (secondary N) is 1. The van der Waals surface area contributed by atoms with Crippen LogP contribution in [-0.2, 0) is 6.42 Å². The number of nitrogens with zero attached hydrogens (tertiary/aromatic N) is 2. The SMILES string of the molecule is C1=Cc2ccc(C3=CC(c4ccc(-n5c6ccc7ccccc7c6c6c7ccccc7ccc65)cc4)=NC(c4ccccc4)N3)cc2CC1. The zero-order valence-corrected chi connectivity index (χ0v) is 27.0. The van der Waals surface area contributed by atoms with E-state index in [4.69, 9.17) is 4.99 Å². The van der Waals surface area contributed by atoms with Crippen LogP contribution in [0.4, 0.5) is 0 Å². The lowest BCUT2D eigenvalue weighted by Crippen LogP contribution is -2.25. The van der Waals surface area contributed by atoms with E-state index in [0.717, 1.165) is 41.1 Å². The second-order valence-electron chi connectivity index (χ2n) is 13.1. The molecule has 0 amide bonds. The maximum atomic E-state index is 5.26. The fraction of sp³-hybridized carbons (Fsp3) is 0.0652. The third-order valence-electron chi connectivity index (χ3n) is 10.3. The topological polar surface area (TPSA) is 29.3 Å². The number of hydrogen-bond acceptors (Lipinski definition) is 2. The molecular weight excluding hydrogens is 595 g/mol. The first kappa shape index (κ1) is 27.9. The Kier molecular flexibility index (Phi) is 6.38. The molecule has 1 aliphatic heterocycles. The van der Waals surface area contributed by atoms with Gasteiger partial charge in [-0.15, -0.1) is 0 Å². The number of aryl methyl sites for hydroxylation is 1. The number of rotatable bonds is 4. The van der Waals surface area contributed by atoms with Crippen molar-refractivity contribution in [2.75, 3.05) is 0 Å². The first-order chi connectivity index (χ1) is 24.3. The number of aliphatic imine (C=N–C) groups is 1. The molecular formula is C46H33N3. The Hall–Kier alpha value is -6.19. The average Bonchev–Trinajstić information content (AvgIpc) is 3.53. The van der Waals surface area contributed by atoms with Gasteiger partial charge in [-0.05, 0) is 98.6 Å². The molecule has 3 nitrogen and oxygen atoms in total. The van der Waals surface area contributed by atoms with Crippen LogP contribution in [0.15, 0.2) is 163 Å². The van der Waals surface area contributed by atoms with Crippen LogP contribution in [0.5, 0.6) is 0 Å². The molecule has 3 heteroatoms. The number of benzene rings is 7. The van der Waals surface area contributed by atoms with Gasteiger partial charge in [0.1, 0.15) is 6.17 Å². The van der Waals surface area contributed by atoms with Crippen molar-refractivity contribution in [1.82, 2.24) is 9.88 Å². The van der Waals surface area contributed by atoms with Crippen molar-refractivity contribution in [2.45, 2.75) is 19.0 Å². The Bertz CT molecular complexity index is 2580. The molecule has 1 atom stereocenters. The maximum Gasteiger partial charge on any atom is 0.145 e. The quantitative estimate of drug-likeness (QED) is 0.207. The molecule has 1 aliphatic carbocycles. The van der Waals surface area contributed by atoms with Gasteiger partial charge in [-0.25, -0.2) is 0 Å². The highest BCUT2D eigenvalue weighted by Crippen LogP contribution is 2.40. The molecule has 49 heavy (non-hydrogen) atoms. The lowest BCUT2D eigenvalue weighted by Gasteiger charge is -2.25. The summed E-state index contributed by atoms with van der Waals surface area (Å²) in [7, 11) is 0. The van der Waals surface area contributed by atoms with Gasteiger partial charge >= 0.3 is 0 Å². The monoisotopic (exact) mass is 627 g/mol. The fourth-order valence-corrected chi connectivity index (χ4v) is 7.86. The molecule has 1 unspecified atom stereocenters. The molecule has 1 aromatic heterocycles. The highest BCUT2D eigenvalue weighted by atomic mass is 15.1. The van der Waals surface area contributed by atoms with Gasteiger partial charge < -0.3 is 9.88 Å². The van der Waals surface area contributed by atoms with E-state index in [1.54, 1.807) is 0 Å². The Labute approximate surface area is 285 Å². The third kappa shape index (κ3) is 4.62. The Morgan fingerprint density at radius 3 is 1.98 bits per heavy atom. The molecule has 232 valence electrons. The largest absolute Gasteiger partial charge is 0.360 e. The lowest BCUT2D eigenvalue weighted by atomic mass is 9.93. The van der Waals surface area contributed by atoms with Crippen molar-refractivity contribution in [2.24, 2.45) is 4.99 Å². The van der Waals surface area contributed by atoms with E-state index in [9.17, 15) is 0 Å². The van der Waals surface area contributed by atoms with E-state index in [1.165, 1.54) is 60.0 Å². The highest BCUT2D eigenvalue weighted by Gasteiger charge is 2.21. The fourth-order valence-electron chi connectivity index (χ4n) is 7.86. The summed E-state index contributed by atoms with van der Waals surface area (Å²) < 4.78 is 2.42. The second-order valence-corrected chi connectivity index (χ2v) is 13.1. The molecule has 2 aliphatic rings. The molecule has 0 fully saturated rings. The molecule has 0 saturated heterocycles. The molecule has 2 heterocycles. The van der Waals surface area contributed by atoms with Crippen LogP contribution < -0.4 is 5.32 Å². The smallest absolute Gasteiger partial charge is 0.145 e. The highest BCUT2D eigenvalue weighted by molar-refractivity contribution is 6.28. The number of allylic oxidation sites excluding steroid dienone is 2. The summed E-state index contributed by atoms with van der Waals surface area (Å²) >= 11 is 0. The minimum absolute atomic E-state index is 0.175. The van der Waals surface area contributed by atoms with Crippen molar-refractivity contribution in [3.63, 3.8) is 0 Å². The second kappa shape index (κ2) is 11.2. The average molecular weight is 628 g/mol. The van der Waals surface area contributed by atoms with Crippen molar-refractivity contribution >= 4 is 60.8 Å². The molecule has 0 spiro atoms. The van der Waals surface area contributed by atoms with Crippen LogP contribution in [0.2, 0.25) is 0 Å². The van der Waals surface area contributed by atoms with Crippen molar-refractivity contribution in [3.05, 3.63) is 186 Å². The van der Waals surface area contributed by atoms with Gasteiger partial charge in [-0.3, -0.25) is 4.99 Å². The zero-order valence-electron chi connectivity index (χ0n) is 27.0. The summed E-state index contributed by atoms with van der Waals surface area (Å²) in [6.07, 6.45) is 8.72. The van der Waals surface area contributed by atoms with Gasteiger partial charge in [0.05, 0.1) is 16.7 Å². The number of aromatic nitrogens is 1. The van der Waals surface area contributed by atoms with E-state index < -0.39 is 0 Å². The van der Waals surface area contributed by atoms with Crippen molar-refractivity contribution in [3.8, 4) is 5.69 Å². The zero-order chi connectivity index (χ0) is 32.3. The van der Waals surface area contributed by atoms with E-state index in [-0.39, 0.29) is 6.17 Å². The Morgan fingerprint density at radius 1 is 0.612 bits per heavy atom. The minimum Gasteiger partial charge on any atom is -0.360 e. The summed E-state index contributed by atoms with van der Waals surface area (Å²) in [4.78, 5) is 5.26.